The van der Waals surface area contributed by atoms with Crippen LogP contribution in [0, 0.1) is 11.3 Å². The fourth-order valence-corrected chi connectivity index (χ4v) is 2.44. The first-order chi connectivity index (χ1) is 5.06. The van der Waals surface area contributed by atoms with Gasteiger partial charge >= 0.3 is 0 Å². The standard InChI is InChI=1S/C8H13BrF2/c1-8(4-7(10)11)2-6(3-8)5-9/h6-7H,2-5H2,1H3. The molecule has 0 heterocycles. The molecule has 3 heteroatoms. The third-order valence-electron chi connectivity index (χ3n) is 2.43. The summed E-state index contributed by atoms with van der Waals surface area (Å²) in [6.45, 7) is 1.96. The Bertz CT molecular complexity index is 130. The lowest BCUT2D eigenvalue weighted by Crippen LogP contribution is -2.36. The van der Waals surface area contributed by atoms with Gasteiger partial charge in [0.25, 0.3) is 0 Å². The molecule has 1 saturated carbocycles. The lowest BCUT2D eigenvalue weighted by Gasteiger charge is -2.44. The predicted molar refractivity (Wildman–Crippen MR) is 45.2 cm³/mol. The first-order valence-electron chi connectivity index (χ1n) is 3.90. The molecule has 1 aliphatic rings. The van der Waals surface area contributed by atoms with Crippen LogP contribution in [0.5, 0.6) is 0 Å². The average Bonchev–Trinajstić information content (AvgIpc) is 1.80. The van der Waals surface area contributed by atoms with E-state index in [1.165, 1.54) is 0 Å². The fourth-order valence-electron chi connectivity index (χ4n) is 1.98. The van der Waals surface area contributed by atoms with Crippen LogP contribution in [0.2, 0.25) is 0 Å². The van der Waals surface area contributed by atoms with E-state index >= 15 is 0 Å². The number of halogens is 3. The molecule has 0 nitrogen and oxygen atoms in total. The van der Waals surface area contributed by atoms with E-state index in [0.29, 0.717) is 5.92 Å². The first-order valence-corrected chi connectivity index (χ1v) is 5.02. The highest BCUT2D eigenvalue weighted by atomic mass is 79.9. The third kappa shape index (κ3) is 2.39. The molecular formula is C8H13BrF2. The summed E-state index contributed by atoms with van der Waals surface area (Å²) in [6, 6.07) is 0. The van der Waals surface area contributed by atoms with Crippen LogP contribution < -0.4 is 0 Å². The molecule has 0 aromatic heterocycles. The Labute approximate surface area is 74.5 Å². The summed E-state index contributed by atoms with van der Waals surface area (Å²) in [7, 11) is 0. The molecule has 66 valence electrons. The topological polar surface area (TPSA) is 0 Å². The van der Waals surface area contributed by atoms with Crippen molar-refractivity contribution in [2.45, 2.75) is 32.6 Å². The summed E-state index contributed by atoms with van der Waals surface area (Å²) < 4.78 is 23.9. The fraction of sp³-hybridized carbons (Fsp3) is 1.00. The van der Waals surface area contributed by atoms with Crippen LogP contribution in [0.4, 0.5) is 8.78 Å². The lowest BCUT2D eigenvalue weighted by atomic mass is 9.62. The highest BCUT2D eigenvalue weighted by molar-refractivity contribution is 9.09. The maximum absolute atomic E-state index is 12.0. The van der Waals surface area contributed by atoms with Crippen molar-refractivity contribution < 1.29 is 8.78 Å². The second-order valence-corrected chi connectivity index (χ2v) is 4.48. The molecule has 0 aromatic rings. The van der Waals surface area contributed by atoms with E-state index in [9.17, 15) is 8.78 Å². The monoisotopic (exact) mass is 226 g/mol. The molecule has 0 saturated heterocycles. The quantitative estimate of drug-likeness (QED) is 0.647. The van der Waals surface area contributed by atoms with Gasteiger partial charge in [-0.1, -0.05) is 22.9 Å². The minimum absolute atomic E-state index is 0.0629. The summed E-state index contributed by atoms with van der Waals surface area (Å²) in [4.78, 5) is 0. The van der Waals surface area contributed by atoms with Crippen molar-refractivity contribution >= 4 is 15.9 Å². The minimum Gasteiger partial charge on any atom is -0.211 e. The van der Waals surface area contributed by atoms with E-state index in [2.05, 4.69) is 15.9 Å². The molecule has 0 aromatic carbocycles. The third-order valence-corrected chi connectivity index (χ3v) is 3.34. The van der Waals surface area contributed by atoms with Gasteiger partial charge in [-0.05, 0) is 24.2 Å². The first kappa shape index (κ1) is 9.43. The summed E-state index contributed by atoms with van der Waals surface area (Å²) in [5, 5.41) is 0.964. The zero-order valence-corrected chi connectivity index (χ0v) is 8.20. The normalized spacial score (nSPS) is 37.4. The van der Waals surface area contributed by atoms with Crippen molar-refractivity contribution in [3.05, 3.63) is 0 Å². The SMILES string of the molecule is CC1(CC(F)F)CC(CBr)C1. The van der Waals surface area contributed by atoms with Gasteiger partial charge in [0.2, 0.25) is 6.43 Å². The van der Waals surface area contributed by atoms with Crippen molar-refractivity contribution in [3.8, 4) is 0 Å². The second kappa shape index (κ2) is 3.38. The Morgan fingerprint density at radius 1 is 1.55 bits per heavy atom. The Kier molecular flexibility index (Phi) is 2.90. The van der Waals surface area contributed by atoms with Gasteiger partial charge in [-0.2, -0.15) is 0 Å². The van der Waals surface area contributed by atoms with E-state index in [-0.39, 0.29) is 11.8 Å². The Hall–Kier alpha value is 0.340. The summed E-state index contributed by atoms with van der Waals surface area (Å²) >= 11 is 3.36. The lowest BCUT2D eigenvalue weighted by molar-refractivity contribution is 0.00686. The van der Waals surface area contributed by atoms with Gasteiger partial charge in [0, 0.05) is 11.8 Å². The van der Waals surface area contributed by atoms with Gasteiger partial charge in [-0.15, -0.1) is 0 Å². The van der Waals surface area contributed by atoms with Crippen molar-refractivity contribution in [2.75, 3.05) is 5.33 Å². The minimum atomic E-state index is -2.13. The van der Waals surface area contributed by atoms with Crippen LogP contribution in [0.1, 0.15) is 26.2 Å². The molecule has 1 aliphatic carbocycles. The number of hydrogen-bond donors (Lipinski definition) is 0. The van der Waals surface area contributed by atoms with Crippen LogP contribution in [0.15, 0.2) is 0 Å². The molecule has 0 spiro atoms. The van der Waals surface area contributed by atoms with Gasteiger partial charge in [0.15, 0.2) is 0 Å². The highest BCUT2D eigenvalue weighted by Crippen LogP contribution is 2.49. The molecule has 0 bridgehead atoms. The average molecular weight is 227 g/mol. The maximum atomic E-state index is 12.0. The van der Waals surface area contributed by atoms with Crippen molar-refractivity contribution in [1.29, 1.82) is 0 Å². The molecule has 0 aliphatic heterocycles. The molecule has 0 unspecified atom stereocenters. The largest absolute Gasteiger partial charge is 0.239 e. The Balaban J connectivity index is 2.25. The van der Waals surface area contributed by atoms with E-state index < -0.39 is 6.43 Å². The van der Waals surface area contributed by atoms with Gasteiger partial charge in [0.05, 0.1) is 0 Å². The zero-order chi connectivity index (χ0) is 8.48. The maximum Gasteiger partial charge on any atom is 0.239 e. The molecule has 1 fully saturated rings. The van der Waals surface area contributed by atoms with Gasteiger partial charge in [0.1, 0.15) is 0 Å². The Morgan fingerprint density at radius 3 is 2.45 bits per heavy atom. The van der Waals surface area contributed by atoms with Gasteiger partial charge in [-0.25, -0.2) is 8.78 Å². The van der Waals surface area contributed by atoms with E-state index in [0.717, 1.165) is 18.2 Å². The molecule has 1 rings (SSSR count). The number of rotatable bonds is 3. The van der Waals surface area contributed by atoms with Gasteiger partial charge < -0.3 is 0 Å². The summed E-state index contributed by atoms with van der Waals surface area (Å²) in [6.07, 6.45) is -0.127. The van der Waals surface area contributed by atoms with E-state index in [1.54, 1.807) is 0 Å². The second-order valence-electron chi connectivity index (χ2n) is 3.83. The number of hydrogen-bond acceptors (Lipinski definition) is 0. The van der Waals surface area contributed by atoms with Crippen molar-refractivity contribution in [1.82, 2.24) is 0 Å². The molecule has 11 heavy (non-hydrogen) atoms. The Morgan fingerprint density at radius 2 is 2.09 bits per heavy atom. The summed E-state index contributed by atoms with van der Waals surface area (Å²) in [5.74, 6) is 0.638. The predicted octanol–water partition coefficient (Wildman–Crippen LogP) is 3.45. The molecule has 0 radical (unpaired) electrons. The van der Waals surface area contributed by atoms with Crippen LogP contribution in [0.25, 0.3) is 0 Å². The van der Waals surface area contributed by atoms with Crippen molar-refractivity contribution in [3.63, 3.8) is 0 Å². The molecule has 0 atom stereocenters. The smallest absolute Gasteiger partial charge is 0.211 e. The molecule has 0 N–H and O–H groups in total. The van der Waals surface area contributed by atoms with E-state index in [1.807, 2.05) is 6.92 Å². The van der Waals surface area contributed by atoms with Crippen LogP contribution >= 0.6 is 15.9 Å². The van der Waals surface area contributed by atoms with Gasteiger partial charge in [-0.3, -0.25) is 0 Å². The highest BCUT2D eigenvalue weighted by Gasteiger charge is 2.41. The van der Waals surface area contributed by atoms with Crippen LogP contribution in [-0.4, -0.2) is 11.8 Å². The zero-order valence-electron chi connectivity index (χ0n) is 6.62. The molecule has 0 amide bonds. The van der Waals surface area contributed by atoms with Crippen LogP contribution in [-0.2, 0) is 0 Å². The van der Waals surface area contributed by atoms with Crippen molar-refractivity contribution in [2.24, 2.45) is 11.3 Å². The molecular weight excluding hydrogens is 214 g/mol. The number of alkyl halides is 3. The van der Waals surface area contributed by atoms with Crippen LogP contribution in [0.3, 0.4) is 0 Å². The van der Waals surface area contributed by atoms with E-state index in [4.69, 9.17) is 0 Å². The summed E-state index contributed by atoms with van der Waals surface area (Å²) in [5.41, 5.74) is -0.0629.